The molecular formula is C14H23N3O2. The van der Waals surface area contributed by atoms with Gasteiger partial charge >= 0.3 is 0 Å². The van der Waals surface area contributed by atoms with Crippen LogP contribution in [-0.4, -0.2) is 44.4 Å². The maximum atomic E-state index is 12.4. The Morgan fingerprint density at radius 1 is 1.53 bits per heavy atom. The van der Waals surface area contributed by atoms with E-state index in [1.54, 1.807) is 11.6 Å². The molecule has 0 saturated carbocycles. The molecule has 1 N–H and O–H groups in total. The number of nitrogens with zero attached hydrogens (tertiary/aromatic N) is 3. The molecule has 0 bridgehead atoms. The fourth-order valence-electron chi connectivity index (χ4n) is 2.82. The number of aliphatic hydroxyl groups is 1. The third-order valence-electron chi connectivity index (χ3n) is 3.81. The molecule has 2 heterocycles. The van der Waals surface area contributed by atoms with E-state index in [0.717, 1.165) is 37.2 Å². The topological polar surface area (TPSA) is 58.4 Å². The summed E-state index contributed by atoms with van der Waals surface area (Å²) in [6, 6.07) is 1.92. The van der Waals surface area contributed by atoms with Crippen molar-refractivity contribution in [1.82, 2.24) is 14.7 Å². The van der Waals surface area contributed by atoms with Crippen molar-refractivity contribution in [3.8, 4) is 0 Å². The van der Waals surface area contributed by atoms with Crippen molar-refractivity contribution < 1.29 is 9.90 Å². The van der Waals surface area contributed by atoms with Gasteiger partial charge in [-0.3, -0.25) is 9.48 Å². The number of carbonyl (C=O) groups is 1. The smallest absolute Gasteiger partial charge is 0.244 e. The molecule has 1 saturated heterocycles. The van der Waals surface area contributed by atoms with Gasteiger partial charge in [-0.15, -0.1) is 0 Å². The van der Waals surface area contributed by atoms with Crippen LogP contribution in [0.5, 0.6) is 0 Å². The number of likely N-dealkylation sites (tertiary alicyclic amines) is 1. The van der Waals surface area contributed by atoms with Crippen LogP contribution in [0.3, 0.4) is 0 Å². The Hall–Kier alpha value is -1.36. The maximum Gasteiger partial charge on any atom is 0.244 e. The average Bonchev–Trinajstić information content (AvgIpc) is 2.67. The molecule has 1 aromatic rings. The number of hydrogen-bond donors (Lipinski definition) is 1. The molecule has 5 heteroatoms. The van der Waals surface area contributed by atoms with Crippen molar-refractivity contribution in [2.24, 2.45) is 0 Å². The number of aromatic nitrogens is 2. The summed E-state index contributed by atoms with van der Waals surface area (Å²) in [7, 11) is 0. The molecule has 0 aromatic carbocycles. The fraction of sp³-hybridized carbons (Fsp3) is 0.714. The minimum Gasteiger partial charge on any atom is -0.391 e. The number of hydrogen-bond acceptors (Lipinski definition) is 3. The molecule has 0 radical (unpaired) electrons. The summed E-state index contributed by atoms with van der Waals surface area (Å²) in [5.41, 5.74) is 1.92. The Morgan fingerprint density at radius 2 is 2.26 bits per heavy atom. The van der Waals surface area contributed by atoms with E-state index in [2.05, 4.69) is 5.10 Å². The number of rotatable bonds is 3. The first-order valence-electron chi connectivity index (χ1n) is 6.97. The van der Waals surface area contributed by atoms with E-state index in [1.165, 1.54) is 0 Å². The molecule has 1 aliphatic heterocycles. The van der Waals surface area contributed by atoms with Crippen molar-refractivity contribution in [3.63, 3.8) is 0 Å². The van der Waals surface area contributed by atoms with E-state index in [1.807, 2.05) is 24.8 Å². The summed E-state index contributed by atoms with van der Waals surface area (Å²) < 4.78 is 1.74. The quantitative estimate of drug-likeness (QED) is 0.895. The van der Waals surface area contributed by atoms with E-state index in [-0.39, 0.29) is 18.5 Å². The first-order valence-corrected chi connectivity index (χ1v) is 6.97. The Kier molecular flexibility index (Phi) is 4.24. The molecule has 1 fully saturated rings. The summed E-state index contributed by atoms with van der Waals surface area (Å²) in [5.74, 6) is 0.0526. The molecule has 2 atom stereocenters. The van der Waals surface area contributed by atoms with Crippen molar-refractivity contribution in [2.75, 3.05) is 6.54 Å². The van der Waals surface area contributed by atoms with Gasteiger partial charge in [0.15, 0.2) is 0 Å². The lowest BCUT2D eigenvalue weighted by Crippen LogP contribution is -2.50. The van der Waals surface area contributed by atoms with Crippen LogP contribution >= 0.6 is 0 Å². The summed E-state index contributed by atoms with van der Waals surface area (Å²) in [6.45, 7) is 6.65. The van der Waals surface area contributed by atoms with Crippen molar-refractivity contribution in [2.45, 2.75) is 58.7 Å². The number of aliphatic hydroxyl groups excluding tert-OH is 1. The highest BCUT2D eigenvalue weighted by molar-refractivity contribution is 5.76. The Balaban J connectivity index is 2.07. The lowest BCUT2D eigenvalue weighted by molar-refractivity contribution is -0.138. The Labute approximate surface area is 114 Å². The van der Waals surface area contributed by atoms with Crippen molar-refractivity contribution in [1.29, 1.82) is 0 Å². The highest BCUT2D eigenvalue weighted by Gasteiger charge is 2.30. The molecule has 0 aliphatic carbocycles. The van der Waals surface area contributed by atoms with Crippen LogP contribution in [0, 0.1) is 13.8 Å². The number of aryl methyl sites for hydroxylation is 2. The van der Waals surface area contributed by atoms with Gasteiger partial charge in [0.1, 0.15) is 6.54 Å². The van der Waals surface area contributed by atoms with E-state index < -0.39 is 6.10 Å². The van der Waals surface area contributed by atoms with Gasteiger partial charge in [-0.2, -0.15) is 5.10 Å². The summed E-state index contributed by atoms with van der Waals surface area (Å²) in [4.78, 5) is 14.2. The summed E-state index contributed by atoms with van der Waals surface area (Å²) in [6.07, 6.45) is 2.52. The Bertz CT molecular complexity index is 454. The highest BCUT2D eigenvalue weighted by atomic mass is 16.3. The van der Waals surface area contributed by atoms with Crippen LogP contribution in [0.4, 0.5) is 0 Å². The molecule has 2 rings (SSSR count). The largest absolute Gasteiger partial charge is 0.391 e. The maximum absolute atomic E-state index is 12.4. The van der Waals surface area contributed by atoms with Crippen molar-refractivity contribution >= 4 is 5.91 Å². The molecule has 1 amide bonds. The first-order chi connectivity index (χ1) is 8.99. The fourth-order valence-corrected chi connectivity index (χ4v) is 2.82. The van der Waals surface area contributed by atoms with E-state index in [0.29, 0.717) is 0 Å². The third kappa shape index (κ3) is 3.15. The van der Waals surface area contributed by atoms with Gasteiger partial charge in [0.2, 0.25) is 5.91 Å². The van der Waals surface area contributed by atoms with E-state index in [4.69, 9.17) is 0 Å². The van der Waals surface area contributed by atoms with Gasteiger partial charge in [-0.05, 0) is 46.1 Å². The molecule has 0 spiro atoms. The standard InChI is InChI=1S/C14H23N3O2/c1-10-8-11(2)17(15-10)9-14(19)16-7-5-4-6-13(16)12(3)18/h8,12-13,18H,4-7,9H2,1-3H3. The molecule has 5 nitrogen and oxygen atoms in total. The van der Waals surface area contributed by atoms with Crippen LogP contribution in [0.25, 0.3) is 0 Å². The lowest BCUT2D eigenvalue weighted by Gasteiger charge is -2.37. The minimum absolute atomic E-state index is 0.0433. The zero-order valence-electron chi connectivity index (χ0n) is 12.0. The summed E-state index contributed by atoms with van der Waals surface area (Å²) in [5, 5.41) is 14.1. The summed E-state index contributed by atoms with van der Waals surface area (Å²) >= 11 is 0. The third-order valence-corrected chi connectivity index (χ3v) is 3.81. The van der Waals surface area contributed by atoms with Gasteiger partial charge in [-0.1, -0.05) is 0 Å². The molecule has 2 unspecified atom stereocenters. The second-order valence-corrected chi connectivity index (χ2v) is 5.48. The monoisotopic (exact) mass is 265 g/mol. The van der Waals surface area contributed by atoms with E-state index >= 15 is 0 Å². The zero-order chi connectivity index (χ0) is 14.0. The first kappa shape index (κ1) is 14.1. The molecule has 1 aliphatic rings. The van der Waals surface area contributed by atoms with Gasteiger partial charge in [0, 0.05) is 12.2 Å². The average molecular weight is 265 g/mol. The van der Waals surface area contributed by atoms with E-state index in [9.17, 15) is 9.90 Å². The van der Waals surface area contributed by atoms with Gasteiger partial charge in [0.05, 0.1) is 17.8 Å². The second-order valence-electron chi connectivity index (χ2n) is 5.48. The number of amides is 1. The van der Waals surface area contributed by atoms with Gasteiger partial charge < -0.3 is 10.0 Å². The number of piperidine rings is 1. The molecule has 1 aromatic heterocycles. The van der Waals surface area contributed by atoms with Crippen LogP contribution < -0.4 is 0 Å². The molecule has 19 heavy (non-hydrogen) atoms. The molecular weight excluding hydrogens is 242 g/mol. The number of carbonyl (C=O) groups excluding carboxylic acids is 1. The predicted octanol–water partition coefficient (Wildman–Crippen LogP) is 1.26. The van der Waals surface area contributed by atoms with Gasteiger partial charge in [0.25, 0.3) is 0 Å². The van der Waals surface area contributed by atoms with Crippen LogP contribution in [0.15, 0.2) is 6.07 Å². The van der Waals surface area contributed by atoms with Crippen LogP contribution in [-0.2, 0) is 11.3 Å². The SMILES string of the molecule is Cc1cc(C)n(CC(=O)N2CCCCC2C(C)O)n1. The normalized spacial score (nSPS) is 21.5. The van der Waals surface area contributed by atoms with Crippen molar-refractivity contribution in [3.05, 3.63) is 17.5 Å². The zero-order valence-corrected chi connectivity index (χ0v) is 12.0. The molecule has 106 valence electrons. The van der Waals surface area contributed by atoms with Gasteiger partial charge in [-0.25, -0.2) is 0 Å². The van der Waals surface area contributed by atoms with Crippen LogP contribution in [0.1, 0.15) is 37.6 Å². The van der Waals surface area contributed by atoms with Crippen LogP contribution in [0.2, 0.25) is 0 Å². The predicted molar refractivity (Wildman–Crippen MR) is 72.7 cm³/mol. The lowest BCUT2D eigenvalue weighted by atomic mass is 9.98. The second kappa shape index (κ2) is 5.74. The minimum atomic E-state index is -0.468. The Morgan fingerprint density at radius 3 is 2.84 bits per heavy atom. The highest BCUT2D eigenvalue weighted by Crippen LogP contribution is 2.20.